The molecule has 0 saturated carbocycles. The Balaban J connectivity index is 0.000000255. The Labute approximate surface area is 80.6 Å². The lowest BCUT2D eigenvalue weighted by atomic mass is 10.4. The van der Waals surface area contributed by atoms with E-state index in [2.05, 4.69) is 10.6 Å². The highest BCUT2D eigenvalue weighted by Gasteiger charge is 2.15. The van der Waals surface area contributed by atoms with Gasteiger partial charge >= 0.3 is 17.8 Å². The van der Waals surface area contributed by atoms with Crippen molar-refractivity contribution >= 4 is 17.8 Å². The summed E-state index contributed by atoms with van der Waals surface area (Å²) in [7, 11) is 0. The van der Waals surface area contributed by atoms with Gasteiger partial charge in [-0.1, -0.05) is 0 Å². The Morgan fingerprint density at radius 1 is 1.29 bits per heavy atom. The molecule has 1 aliphatic rings. The van der Waals surface area contributed by atoms with Crippen molar-refractivity contribution in [3.63, 3.8) is 0 Å². The van der Waals surface area contributed by atoms with Crippen molar-refractivity contribution in [1.29, 1.82) is 0 Å². The van der Waals surface area contributed by atoms with E-state index in [0.29, 0.717) is 13.1 Å². The molecule has 14 heavy (non-hydrogen) atoms. The molecule has 80 valence electrons. The Morgan fingerprint density at radius 2 is 1.71 bits per heavy atom. The lowest BCUT2D eigenvalue weighted by Crippen LogP contribution is -2.49. The smallest absolute Gasteiger partial charge is 0.309 e. The minimum Gasteiger partial charge on any atom is -0.481 e. The van der Waals surface area contributed by atoms with Gasteiger partial charge in [0.15, 0.2) is 0 Å². The van der Waals surface area contributed by atoms with Gasteiger partial charge in [0.2, 0.25) is 0 Å². The number of carboxylic acids is 1. The van der Waals surface area contributed by atoms with E-state index in [1.54, 1.807) is 0 Å². The first kappa shape index (κ1) is 12.4. The van der Waals surface area contributed by atoms with Crippen LogP contribution in [0.4, 0.5) is 0 Å². The first-order chi connectivity index (χ1) is 6.57. The first-order valence-electron chi connectivity index (χ1n) is 4.05. The molecule has 7 heteroatoms. The van der Waals surface area contributed by atoms with Crippen molar-refractivity contribution in [2.75, 3.05) is 19.6 Å². The van der Waals surface area contributed by atoms with Gasteiger partial charge < -0.3 is 21.5 Å². The second-order valence-electron chi connectivity index (χ2n) is 2.44. The number of hydrogen-bond donors (Lipinski definition) is 4. The molecule has 0 aromatic carbocycles. The van der Waals surface area contributed by atoms with E-state index in [-0.39, 0.29) is 13.0 Å². The van der Waals surface area contributed by atoms with Gasteiger partial charge in [0.25, 0.3) is 0 Å². The van der Waals surface area contributed by atoms with Gasteiger partial charge in [-0.25, -0.2) is 0 Å². The highest BCUT2D eigenvalue weighted by Crippen LogP contribution is 1.73. The number of carbonyl (C=O) groups is 3. The number of piperazine rings is 1. The summed E-state index contributed by atoms with van der Waals surface area (Å²) in [6, 6.07) is 0. The lowest BCUT2D eigenvalue weighted by molar-refractivity contribution is -0.140. The molecular formula is C7H13N3O4. The number of nitrogens with two attached hydrogens (primary N) is 1. The zero-order chi connectivity index (χ0) is 11.0. The van der Waals surface area contributed by atoms with Crippen LogP contribution in [0.1, 0.15) is 6.42 Å². The van der Waals surface area contributed by atoms with Gasteiger partial charge in [0, 0.05) is 19.6 Å². The standard InChI is InChI=1S/C4H6N2O2.C3H7NO2/c7-3-4(8)6-2-1-5-3;4-2-1-3(5)6/h1-2H2,(H,5,7)(H,6,8);1-2,4H2,(H,5,6). The average Bonchev–Trinajstić information content (AvgIpc) is 2.11. The van der Waals surface area contributed by atoms with Crippen molar-refractivity contribution < 1.29 is 19.5 Å². The van der Waals surface area contributed by atoms with Gasteiger partial charge in [-0.05, 0) is 0 Å². The molecule has 1 aliphatic heterocycles. The van der Waals surface area contributed by atoms with Gasteiger partial charge in [0.1, 0.15) is 0 Å². The summed E-state index contributed by atoms with van der Waals surface area (Å²) < 4.78 is 0. The number of rotatable bonds is 2. The molecule has 0 bridgehead atoms. The second-order valence-corrected chi connectivity index (χ2v) is 2.44. The lowest BCUT2D eigenvalue weighted by Gasteiger charge is -2.10. The van der Waals surface area contributed by atoms with Crippen molar-refractivity contribution in [1.82, 2.24) is 10.6 Å². The molecule has 0 unspecified atom stereocenters. The van der Waals surface area contributed by atoms with Crippen LogP contribution in [0.5, 0.6) is 0 Å². The molecule has 0 atom stereocenters. The van der Waals surface area contributed by atoms with Crippen LogP contribution in [-0.2, 0) is 14.4 Å². The molecule has 2 amide bonds. The summed E-state index contributed by atoms with van der Waals surface area (Å²) in [5.74, 6) is -1.90. The van der Waals surface area contributed by atoms with Crippen LogP contribution in [0.2, 0.25) is 0 Å². The predicted octanol–water partition coefficient (Wildman–Crippen LogP) is -2.35. The molecule has 7 nitrogen and oxygen atoms in total. The van der Waals surface area contributed by atoms with E-state index in [9.17, 15) is 14.4 Å². The van der Waals surface area contributed by atoms with Crippen molar-refractivity contribution in [2.24, 2.45) is 5.73 Å². The van der Waals surface area contributed by atoms with Crippen LogP contribution >= 0.6 is 0 Å². The van der Waals surface area contributed by atoms with Crippen molar-refractivity contribution in [3.05, 3.63) is 0 Å². The molecule has 0 spiro atoms. The predicted molar refractivity (Wildman–Crippen MR) is 47.3 cm³/mol. The quantitative estimate of drug-likeness (QED) is 0.374. The minimum absolute atomic E-state index is 0.0694. The monoisotopic (exact) mass is 203 g/mol. The fourth-order valence-corrected chi connectivity index (χ4v) is 0.636. The third-order valence-corrected chi connectivity index (χ3v) is 1.26. The number of nitrogens with one attached hydrogen (secondary N) is 2. The van der Waals surface area contributed by atoms with Crippen molar-refractivity contribution in [3.8, 4) is 0 Å². The number of carboxylic acid groups (broad SMARTS) is 1. The van der Waals surface area contributed by atoms with Crippen LogP contribution < -0.4 is 16.4 Å². The molecular weight excluding hydrogens is 190 g/mol. The number of carbonyl (C=O) groups excluding carboxylic acids is 2. The zero-order valence-electron chi connectivity index (χ0n) is 7.58. The van der Waals surface area contributed by atoms with Gasteiger partial charge in [-0.15, -0.1) is 0 Å². The van der Waals surface area contributed by atoms with Crippen LogP contribution in [0.25, 0.3) is 0 Å². The largest absolute Gasteiger partial charge is 0.481 e. The summed E-state index contributed by atoms with van der Waals surface area (Å²) in [5, 5.41) is 12.6. The molecule has 1 heterocycles. The highest BCUT2D eigenvalue weighted by molar-refractivity contribution is 6.35. The number of amides is 2. The Morgan fingerprint density at radius 3 is 1.86 bits per heavy atom. The fourth-order valence-electron chi connectivity index (χ4n) is 0.636. The molecule has 0 aromatic rings. The molecule has 1 rings (SSSR count). The summed E-state index contributed by atoms with van der Waals surface area (Å²) in [6.45, 7) is 1.32. The number of hydrogen-bond acceptors (Lipinski definition) is 4. The SMILES string of the molecule is NCCC(=O)O.O=C1NCCNC1=O. The molecule has 0 radical (unpaired) electrons. The maximum Gasteiger partial charge on any atom is 0.309 e. The van der Waals surface area contributed by atoms with E-state index in [0.717, 1.165) is 0 Å². The normalized spacial score (nSPS) is 14.6. The van der Waals surface area contributed by atoms with E-state index in [1.807, 2.05) is 0 Å². The van der Waals surface area contributed by atoms with Gasteiger partial charge in [-0.3, -0.25) is 14.4 Å². The van der Waals surface area contributed by atoms with Crippen LogP contribution in [0.15, 0.2) is 0 Å². The Bertz CT molecular complexity index is 213. The Kier molecular flexibility index (Phi) is 6.04. The Hall–Kier alpha value is -1.63. The summed E-state index contributed by atoms with van der Waals surface area (Å²) >= 11 is 0. The van der Waals surface area contributed by atoms with Crippen LogP contribution in [0.3, 0.4) is 0 Å². The third-order valence-electron chi connectivity index (χ3n) is 1.26. The van der Waals surface area contributed by atoms with Gasteiger partial charge in [-0.2, -0.15) is 0 Å². The zero-order valence-corrected chi connectivity index (χ0v) is 7.58. The second kappa shape index (κ2) is 6.84. The first-order valence-corrected chi connectivity index (χ1v) is 4.05. The molecule has 0 aromatic heterocycles. The number of aliphatic carboxylic acids is 1. The summed E-state index contributed by atoms with van der Waals surface area (Å²) in [4.78, 5) is 30.1. The molecule has 0 aliphatic carbocycles. The van der Waals surface area contributed by atoms with Gasteiger partial charge in [0.05, 0.1) is 6.42 Å². The molecule has 1 saturated heterocycles. The minimum atomic E-state index is -0.836. The van der Waals surface area contributed by atoms with Crippen LogP contribution in [-0.4, -0.2) is 42.5 Å². The maximum atomic E-state index is 10.3. The molecule has 1 fully saturated rings. The van der Waals surface area contributed by atoms with E-state index in [4.69, 9.17) is 10.8 Å². The maximum absolute atomic E-state index is 10.3. The topological polar surface area (TPSA) is 122 Å². The highest BCUT2D eigenvalue weighted by atomic mass is 16.4. The summed E-state index contributed by atoms with van der Waals surface area (Å²) in [5.41, 5.74) is 4.85. The average molecular weight is 203 g/mol. The fraction of sp³-hybridized carbons (Fsp3) is 0.571. The summed E-state index contributed by atoms with van der Waals surface area (Å²) in [6.07, 6.45) is 0.0694. The third kappa shape index (κ3) is 5.95. The molecule has 5 N–H and O–H groups in total. The van der Waals surface area contributed by atoms with E-state index >= 15 is 0 Å². The van der Waals surface area contributed by atoms with E-state index in [1.165, 1.54) is 0 Å². The van der Waals surface area contributed by atoms with Crippen LogP contribution in [0, 0.1) is 0 Å². The van der Waals surface area contributed by atoms with E-state index < -0.39 is 17.8 Å². The van der Waals surface area contributed by atoms with Crippen molar-refractivity contribution in [2.45, 2.75) is 6.42 Å².